The lowest BCUT2D eigenvalue weighted by atomic mass is 9.74. The molecule has 3 rings (SSSR count). The first kappa shape index (κ1) is 16.5. The van der Waals surface area contributed by atoms with Gasteiger partial charge in [-0.25, -0.2) is 0 Å². The average molecular weight is 322 g/mol. The Kier molecular flexibility index (Phi) is 4.31. The van der Waals surface area contributed by atoms with Gasteiger partial charge in [-0.1, -0.05) is 58.0 Å². The zero-order chi connectivity index (χ0) is 17.3. The minimum atomic E-state index is -0.234. The van der Waals surface area contributed by atoms with E-state index in [1.165, 1.54) is 0 Å². The lowest BCUT2D eigenvalue weighted by Gasteiger charge is -2.36. The fourth-order valence-electron chi connectivity index (χ4n) is 3.52. The van der Waals surface area contributed by atoms with E-state index in [1.54, 1.807) is 6.07 Å². The van der Waals surface area contributed by atoms with E-state index in [0.717, 1.165) is 16.6 Å². The van der Waals surface area contributed by atoms with E-state index >= 15 is 0 Å². The van der Waals surface area contributed by atoms with Crippen LogP contribution in [0.1, 0.15) is 39.3 Å². The summed E-state index contributed by atoms with van der Waals surface area (Å²) in [6, 6.07) is 15.4. The number of hydrogen-bond acceptors (Lipinski definition) is 3. The number of phenols is 1. The first-order valence-corrected chi connectivity index (χ1v) is 8.34. The molecule has 0 bridgehead atoms. The number of nitrogens with zero attached hydrogens (tertiary/aromatic N) is 3. The normalized spacial score (nSPS) is 13.5. The van der Waals surface area contributed by atoms with Gasteiger partial charge in [0.15, 0.2) is 0 Å². The molecule has 1 heterocycles. The minimum Gasteiger partial charge on any atom is -0.508 e. The molecule has 1 radical (unpaired) electrons. The number of para-hydroxylation sites is 1. The van der Waals surface area contributed by atoms with Crippen molar-refractivity contribution >= 4 is 11.0 Å². The molecule has 1 N–H and O–H groups in total. The number of rotatable bonds is 5. The Hall–Kier alpha value is -2.36. The molecular weight excluding hydrogens is 298 g/mol. The molecule has 1 aromatic heterocycles. The summed E-state index contributed by atoms with van der Waals surface area (Å²) in [4.78, 5) is 1.84. The van der Waals surface area contributed by atoms with E-state index in [1.807, 2.05) is 47.3 Å². The standard InChI is InChI=1S/C20H24N3O/c1-14(2)19(23-21-16-10-6-7-11-17(16)22-23)20(3,4)13-15-9-5-8-12-18(15)24/h5-14,19,24H,1-4H3. The van der Waals surface area contributed by atoms with Gasteiger partial charge >= 0.3 is 0 Å². The highest BCUT2D eigenvalue weighted by Gasteiger charge is 2.36. The van der Waals surface area contributed by atoms with Gasteiger partial charge < -0.3 is 5.11 Å². The van der Waals surface area contributed by atoms with E-state index in [0.29, 0.717) is 11.7 Å². The smallest absolute Gasteiger partial charge is 0.119 e. The second-order valence-corrected chi connectivity index (χ2v) is 7.22. The van der Waals surface area contributed by atoms with Crippen molar-refractivity contribution in [2.45, 2.75) is 33.7 Å². The third-order valence-electron chi connectivity index (χ3n) is 4.41. The Morgan fingerprint density at radius 2 is 1.50 bits per heavy atom. The molecule has 0 saturated heterocycles. The van der Waals surface area contributed by atoms with Crippen LogP contribution in [0, 0.1) is 17.8 Å². The van der Waals surface area contributed by atoms with Crippen molar-refractivity contribution in [2.24, 2.45) is 11.3 Å². The van der Waals surface area contributed by atoms with Gasteiger partial charge in [-0.05, 0) is 35.1 Å². The molecule has 0 amide bonds. The Morgan fingerprint density at radius 1 is 0.958 bits per heavy atom. The summed E-state index contributed by atoms with van der Waals surface area (Å²) in [7, 11) is 0. The van der Waals surface area contributed by atoms with Crippen molar-refractivity contribution in [3.63, 3.8) is 0 Å². The molecule has 0 aliphatic rings. The first-order valence-electron chi connectivity index (χ1n) is 8.34. The van der Waals surface area contributed by atoms with Crippen LogP contribution in [0.5, 0.6) is 5.75 Å². The predicted molar refractivity (Wildman–Crippen MR) is 96.7 cm³/mol. The van der Waals surface area contributed by atoms with Crippen LogP contribution >= 0.6 is 0 Å². The van der Waals surface area contributed by atoms with Crippen molar-refractivity contribution in [2.75, 3.05) is 0 Å². The molecule has 4 nitrogen and oxygen atoms in total. The van der Waals surface area contributed by atoms with Crippen LogP contribution in [-0.4, -0.2) is 20.1 Å². The summed E-state index contributed by atoms with van der Waals surface area (Å²) in [5, 5.41) is 19.5. The highest BCUT2D eigenvalue weighted by atomic mass is 16.3. The van der Waals surface area contributed by atoms with Crippen molar-refractivity contribution in [1.29, 1.82) is 0 Å². The van der Waals surface area contributed by atoms with E-state index in [9.17, 15) is 5.11 Å². The van der Waals surface area contributed by atoms with Gasteiger partial charge in [0, 0.05) is 6.42 Å². The largest absolute Gasteiger partial charge is 0.508 e. The number of benzene rings is 2. The molecule has 0 spiro atoms. The Balaban J connectivity index is 1.98. The van der Waals surface area contributed by atoms with Crippen LogP contribution in [0.15, 0.2) is 48.5 Å². The Bertz CT molecular complexity index is 803. The summed E-state index contributed by atoms with van der Waals surface area (Å²) in [6.45, 7) is 8.69. The molecule has 2 aromatic carbocycles. The molecule has 125 valence electrons. The lowest BCUT2D eigenvalue weighted by molar-refractivity contribution is 0.167. The summed E-state index contributed by atoms with van der Waals surface area (Å²) in [5.74, 6) is 0.635. The van der Waals surface area contributed by atoms with Crippen LogP contribution in [0.2, 0.25) is 0 Å². The topological polar surface area (TPSA) is 50.9 Å². The fraction of sp³-hybridized carbons (Fsp3) is 0.350. The molecule has 24 heavy (non-hydrogen) atoms. The molecule has 0 saturated carbocycles. The van der Waals surface area contributed by atoms with Gasteiger partial charge in [0.1, 0.15) is 16.8 Å². The van der Waals surface area contributed by atoms with Gasteiger partial charge in [0.2, 0.25) is 0 Å². The third-order valence-corrected chi connectivity index (χ3v) is 4.41. The summed E-state index contributed by atoms with van der Waals surface area (Å²) in [6.07, 6.45) is 2.11. The van der Waals surface area contributed by atoms with Gasteiger partial charge in [-0.3, -0.25) is 0 Å². The number of fused-ring (bicyclic) bond motifs is 1. The highest BCUT2D eigenvalue weighted by molar-refractivity contribution is 5.73. The van der Waals surface area contributed by atoms with E-state index in [-0.39, 0.29) is 11.5 Å². The second kappa shape index (κ2) is 6.27. The predicted octanol–water partition coefficient (Wildman–Crippen LogP) is 4.61. The van der Waals surface area contributed by atoms with E-state index in [4.69, 9.17) is 0 Å². The van der Waals surface area contributed by atoms with Crippen LogP contribution in [0.4, 0.5) is 0 Å². The summed E-state index contributed by atoms with van der Waals surface area (Å²) in [5.41, 5.74) is 2.41. The molecule has 0 aliphatic heterocycles. The molecule has 0 fully saturated rings. The summed E-state index contributed by atoms with van der Waals surface area (Å²) < 4.78 is 0. The minimum absolute atomic E-state index is 0.0736. The number of phenolic OH excluding ortho intramolecular Hbond substituents is 1. The van der Waals surface area contributed by atoms with Crippen molar-refractivity contribution in [3.8, 4) is 5.75 Å². The van der Waals surface area contributed by atoms with Gasteiger partial charge in [-0.15, -0.1) is 0 Å². The van der Waals surface area contributed by atoms with Crippen molar-refractivity contribution < 1.29 is 5.11 Å². The van der Waals surface area contributed by atoms with Crippen LogP contribution in [0.25, 0.3) is 11.0 Å². The van der Waals surface area contributed by atoms with Crippen molar-refractivity contribution in [3.05, 3.63) is 60.5 Å². The SMILES string of the molecule is CC(C)C(n1nc2ccccc2n1)C(C)(C)[CH]c1ccccc1O. The molecule has 1 atom stereocenters. The highest BCUT2D eigenvalue weighted by Crippen LogP contribution is 2.42. The van der Waals surface area contributed by atoms with E-state index < -0.39 is 0 Å². The first-order chi connectivity index (χ1) is 11.4. The maximum absolute atomic E-state index is 10.1. The molecule has 1 unspecified atom stereocenters. The Labute approximate surface area is 143 Å². The third kappa shape index (κ3) is 3.14. The number of aromatic nitrogens is 3. The molecule has 0 aliphatic carbocycles. The van der Waals surface area contributed by atoms with Gasteiger partial charge in [0.05, 0.1) is 6.04 Å². The zero-order valence-corrected chi connectivity index (χ0v) is 14.6. The quantitative estimate of drug-likeness (QED) is 0.746. The maximum atomic E-state index is 10.1. The van der Waals surface area contributed by atoms with Crippen LogP contribution in [-0.2, 0) is 0 Å². The zero-order valence-electron chi connectivity index (χ0n) is 14.6. The number of aromatic hydroxyl groups is 1. The number of hydrogen-bond donors (Lipinski definition) is 1. The molecule has 3 aromatic rings. The lowest BCUT2D eigenvalue weighted by Crippen LogP contribution is -2.33. The van der Waals surface area contributed by atoms with E-state index in [2.05, 4.69) is 44.3 Å². The Morgan fingerprint density at radius 3 is 2.04 bits per heavy atom. The summed E-state index contributed by atoms with van der Waals surface area (Å²) >= 11 is 0. The average Bonchev–Trinajstić information content (AvgIpc) is 2.91. The van der Waals surface area contributed by atoms with Gasteiger partial charge in [-0.2, -0.15) is 15.0 Å². The molecular formula is C20H24N3O. The van der Waals surface area contributed by atoms with Crippen LogP contribution < -0.4 is 0 Å². The maximum Gasteiger partial charge on any atom is 0.119 e. The van der Waals surface area contributed by atoms with Gasteiger partial charge in [0.25, 0.3) is 0 Å². The monoisotopic (exact) mass is 322 g/mol. The fourth-order valence-corrected chi connectivity index (χ4v) is 3.52. The van der Waals surface area contributed by atoms with Crippen molar-refractivity contribution in [1.82, 2.24) is 15.0 Å². The molecule has 4 heteroatoms. The van der Waals surface area contributed by atoms with Crippen LogP contribution in [0.3, 0.4) is 0 Å². The second-order valence-electron chi connectivity index (χ2n) is 7.22.